The van der Waals surface area contributed by atoms with Gasteiger partial charge in [-0.1, -0.05) is 48.5 Å². The average molecular weight is 689 g/mol. The van der Waals surface area contributed by atoms with E-state index in [1.807, 2.05) is 30.3 Å². The predicted molar refractivity (Wildman–Crippen MR) is 191 cm³/mol. The highest BCUT2D eigenvalue weighted by atomic mass is 35.5. The van der Waals surface area contributed by atoms with Gasteiger partial charge >= 0.3 is 0 Å². The van der Waals surface area contributed by atoms with Crippen LogP contribution in [0, 0.1) is 24.1 Å². The number of rotatable bonds is 9. The summed E-state index contributed by atoms with van der Waals surface area (Å²) in [6.07, 6.45) is 3.36. The SMILES string of the molecule is C=CCOc1ccc(N(C(=O)c2c(-c3cc(Cl)ccc3C(=O)N3Cc4ccccc4C(CO)C3)cn(C)c2C)c2cc(C#N)ccc2F)cc1. The zero-order valence-corrected chi connectivity index (χ0v) is 28.3. The van der Waals surface area contributed by atoms with E-state index < -0.39 is 11.7 Å². The fraction of sp³-hybridized carbons (Fsp3) is 0.175. The second-order valence-corrected chi connectivity index (χ2v) is 12.5. The summed E-state index contributed by atoms with van der Waals surface area (Å²) in [6.45, 7) is 6.24. The Morgan fingerprint density at radius 2 is 1.86 bits per heavy atom. The Labute approximate surface area is 294 Å². The molecule has 0 fully saturated rings. The number of hydrogen-bond donors (Lipinski definition) is 1. The van der Waals surface area contributed by atoms with Gasteiger partial charge in [0.2, 0.25) is 0 Å². The molecule has 10 heteroatoms. The normalized spacial score (nSPS) is 13.7. The molecule has 0 aliphatic carbocycles. The van der Waals surface area contributed by atoms with Gasteiger partial charge in [0.1, 0.15) is 18.2 Å². The van der Waals surface area contributed by atoms with Crippen molar-refractivity contribution in [2.24, 2.45) is 7.05 Å². The Hall–Kier alpha value is -5.69. The number of nitrogens with zero attached hydrogens (tertiary/aromatic N) is 4. The molecule has 2 amide bonds. The van der Waals surface area contributed by atoms with E-state index in [-0.39, 0.29) is 41.9 Å². The van der Waals surface area contributed by atoms with Gasteiger partial charge in [-0.25, -0.2) is 4.39 Å². The number of carbonyl (C=O) groups excluding carboxylic acids is 2. The first-order valence-electron chi connectivity index (χ1n) is 16.0. The first-order chi connectivity index (χ1) is 24.1. The minimum atomic E-state index is -0.707. The smallest absolute Gasteiger partial charge is 0.265 e. The molecule has 1 aromatic heterocycles. The van der Waals surface area contributed by atoms with Crippen molar-refractivity contribution in [2.75, 3.05) is 24.7 Å². The zero-order valence-electron chi connectivity index (χ0n) is 27.6. The topological polar surface area (TPSA) is 98.8 Å². The molecule has 1 aliphatic heterocycles. The van der Waals surface area contributed by atoms with E-state index in [1.165, 1.54) is 17.0 Å². The Kier molecular flexibility index (Phi) is 9.86. The molecular weight excluding hydrogens is 655 g/mol. The Morgan fingerprint density at radius 1 is 1.10 bits per heavy atom. The van der Waals surface area contributed by atoms with Crippen LogP contribution in [0.3, 0.4) is 0 Å². The maximum atomic E-state index is 15.7. The van der Waals surface area contributed by atoms with Crippen molar-refractivity contribution in [2.45, 2.75) is 19.4 Å². The van der Waals surface area contributed by atoms with E-state index in [0.717, 1.165) is 17.2 Å². The molecule has 6 rings (SSSR count). The minimum absolute atomic E-state index is 0.118. The van der Waals surface area contributed by atoms with Gasteiger partial charge in [-0.2, -0.15) is 5.26 Å². The van der Waals surface area contributed by atoms with Gasteiger partial charge < -0.3 is 19.3 Å². The summed E-state index contributed by atoms with van der Waals surface area (Å²) >= 11 is 6.55. The lowest BCUT2D eigenvalue weighted by atomic mass is 9.89. The van der Waals surface area contributed by atoms with Crippen LogP contribution in [-0.4, -0.2) is 46.1 Å². The number of carbonyl (C=O) groups is 2. The van der Waals surface area contributed by atoms with Crippen LogP contribution in [0.25, 0.3) is 11.1 Å². The summed E-state index contributed by atoms with van der Waals surface area (Å²) in [5.41, 5.74) is 4.28. The van der Waals surface area contributed by atoms with E-state index in [2.05, 4.69) is 6.58 Å². The van der Waals surface area contributed by atoms with Crippen LogP contribution >= 0.6 is 11.6 Å². The van der Waals surface area contributed by atoms with Gasteiger partial charge in [-0.05, 0) is 84.3 Å². The molecule has 1 aliphatic rings. The fourth-order valence-electron chi connectivity index (χ4n) is 6.40. The number of halogens is 2. The van der Waals surface area contributed by atoms with Gasteiger partial charge in [0, 0.05) is 59.8 Å². The molecule has 0 spiro atoms. The van der Waals surface area contributed by atoms with Gasteiger partial charge in [0.25, 0.3) is 11.8 Å². The number of aliphatic hydroxyl groups excluding tert-OH is 1. The highest BCUT2D eigenvalue weighted by Crippen LogP contribution is 2.39. The van der Waals surface area contributed by atoms with E-state index in [0.29, 0.717) is 51.9 Å². The summed E-state index contributed by atoms with van der Waals surface area (Å²) < 4.78 is 23.1. The van der Waals surface area contributed by atoms with Crippen molar-refractivity contribution >= 4 is 34.8 Å². The first-order valence-corrected chi connectivity index (χ1v) is 16.3. The standard InChI is InChI=1S/C40H34ClFN4O4/c1-4-17-50-31-13-11-30(12-14-31)46(37-18-26(20-43)9-16-36(37)42)40(49)38-25(2)44(3)23-35(38)34-19-29(41)10-15-33(34)39(48)45-21-27-7-5-6-8-32(27)28(22-45)24-47/h4-16,18-19,23,28,47H,1,17,21-22,24H2,2-3H3. The highest BCUT2D eigenvalue weighted by molar-refractivity contribution is 6.31. The number of ether oxygens (including phenoxy) is 1. The lowest BCUT2D eigenvalue weighted by Gasteiger charge is -2.34. The molecule has 1 N–H and O–H groups in total. The van der Waals surface area contributed by atoms with Crippen LogP contribution < -0.4 is 9.64 Å². The molecule has 5 aromatic rings. The van der Waals surface area contributed by atoms with Crippen molar-refractivity contribution < 1.29 is 23.8 Å². The molecular formula is C40H34ClFN4O4. The van der Waals surface area contributed by atoms with Crippen molar-refractivity contribution in [3.8, 4) is 22.9 Å². The van der Waals surface area contributed by atoms with E-state index in [1.54, 1.807) is 78.2 Å². The number of benzene rings is 4. The van der Waals surface area contributed by atoms with Crippen LogP contribution in [-0.2, 0) is 13.6 Å². The molecule has 0 radical (unpaired) electrons. The lowest BCUT2D eigenvalue weighted by molar-refractivity contribution is 0.0698. The third kappa shape index (κ3) is 6.51. The fourth-order valence-corrected chi connectivity index (χ4v) is 6.57. The van der Waals surface area contributed by atoms with Crippen LogP contribution in [0.4, 0.5) is 15.8 Å². The summed E-state index contributed by atoms with van der Waals surface area (Å²) in [4.78, 5) is 32.2. The molecule has 4 aromatic carbocycles. The van der Waals surface area contributed by atoms with E-state index in [9.17, 15) is 20.0 Å². The van der Waals surface area contributed by atoms with Crippen molar-refractivity contribution in [1.82, 2.24) is 9.47 Å². The molecule has 0 bridgehead atoms. The Bertz CT molecular complexity index is 2150. The van der Waals surface area contributed by atoms with Crippen molar-refractivity contribution in [1.29, 1.82) is 5.26 Å². The van der Waals surface area contributed by atoms with Gasteiger partial charge in [-0.3, -0.25) is 14.5 Å². The number of aryl methyl sites for hydroxylation is 1. The molecule has 1 unspecified atom stereocenters. The Morgan fingerprint density at radius 3 is 2.58 bits per heavy atom. The highest BCUT2D eigenvalue weighted by Gasteiger charge is 2.33. The van der Waals surface area contributed by atoms with Gasteiger partial charge in [0.05, 0.1) is 29.5 Å². The van der Waals surface area contributed by atoms with Crippen LogP contribution in [0.1, 0.15) is 49.0 Å². The number of aliphatic hydroxyl groups is 1. The van der Waals surface area contributed by atoms with Crippen LogP contribution in [0.15, 0.2) is 104 Å². The maximum absolute atomic E-state index is 15.7. The quantitative estimate of drug-likeness (QED) is 0.159. The number of aromatic nitrogens is 1. The second kappa shape index (κ2) is 14.4. The zero-order chi connectivity index (χ0) is 35.5. The molecule has 1 atom stereocenters. The second-order valence-electron chi connectivity index (χ2n) is 12.1. The predicted octanol–water partition coefficient (Wildman–Crippen LogP) is 7.94. The van der Waals surface area contributed by atoms with Crippen molar-refractivity contribution in [3.05, 3.63) is 148 Å². The average Bonchev–Trinajstić information content (AvgIpc) is 3.44. The van der Waals surface area contributed by atoms with Gasteiger partial charge in [-0.15, -0.1) is 0 Å². The summed E-state index contributed by atoms with van der Waals surface area (Å²) in [7, 11) is 1.78. The van der Waals surface area contributed by atoms with E-state index >= 15 is 4.39 Å². The monoisotopic (exact) mass is 688 g/mol. The van der Waals surface area contributed by atoms with E-state index in [4.69, 9.17) is 16.3 Å². The van der Waals surface area contributed by atoms with Gasteiger partial charge in [0.15, 0.2) is 0 Å². The molecule has 0 saturated heterocycles. The van der Waals surface area contributed by atoms with Crippen molar-refractivity contribution in [3.63, 3.8) is 0 Å². The molecule has 252 valence electrons. The summed E-state index contributed by atoms with van der Waals surface area (Å²) in [6, 6.07) is 25.1. The summed E-state index contributed by atoms with van der Waals surface area (Å²) in [5, 5.41) is 20.2. The molecule has 0 saturated carbocycles. The summed E-state index contributed by atoms with van der Waals surface area (Å²) in [5.74, 6) is -1.31. The van der Waals surface area contributed by atoms with Crippen LogP contribution in [0.2, 0.25) is 5.02 Å². The number of fused-ring (bicyclic) bond motifs is 1. The molecule has 8 nitrogen and oxygen atoms in total. The largest absolute Gasteiger partial charge is 0.490 e. The van der Waals surface area contributed by atoms with Crippen LogP contribution in [0.5, 0.6) is 5.75 Å². The molecule has 50 heavy (non-hydrogen) atoms. The number of anilines is 2. The number of nitriles is 1. The Balaban J connectivity index is 1.48. The number of hydrogen-bond acceptors (Lipinski definition) is 5. The molecule has 2 heterocycles. The lowest BCUT2D eigenvalue weighted by Crippen LogP contribution is -2.39. The maximum Gasteiger partial charge on any atom is 0.265 e. The first kappa shape index (κ1) is 34.2. The number of amides is 2. The minimum Gasteiger partial charge on any atom is -0.490 e. The third-order valence-electron chi connectivity index (χ3n) is 8.99. The third-order valence-corrected chi connectivity index (χ3v) is 9.22.